The molecule has 0 atom stereocenters. The second-order valence-corrected chi connectivity index (χ2v) is 9.20. The lowest BCUT2D eigenvalue weighted by atomic mass is 10.1. The van der Waals surface area contributed by atoms with Crippen LogP contribution in [0.25, 0.3) is 11.1 Å². The number of alkyl halides is 3. The molecule has 0 unspecified atom stereocenters. The standard InChI is InChI=1S/C25H24F3NO4S/c26-25(27,28)24-20(16-5-2-1-3-6-16)14-19(34-24)15-33-18-9-10-21-17(13-18)11-12-29(21)22(30)7-4-8-23(31)32/h1-3,5-6,9-10,13-14,23,31-32H,4,7-8,11-12,15H2. The van der Waals surface area contributed by atoms with Crippen LogP contribution in [0, 0.1) is 0 Å². The van der Waals surface area contributed by atoms with Crippen molar-refractivity contribution < 1.29 is 32.9 Å². The molecule has 2 aromatic carbocycles. The first-order valence-corrected chi connectivity index (χ1v) is 11.7. The Kier molecular flexibility index (Phi) is 7.25. The number of halogens is 3. The maximum Gasteiger partial charge on any atom is 0.426 e. The number of benzene rings is 2. The summed E-state index contributed by atoms with van der Waals surface area (Å²) in [4.78, 5) is 14.0. The van der Waals surface area contributed by atoms with Crippen LogP contribution in [0.3, 0.4) is 0 Å². The van der Waals surface area contributed by atoms with E-state index in [9.17, 15) is 18.0 Å². The first-order chi connectivity index (χ1) is 16.2. The van der Waals surface area contributed by atoms with Crippen LogP contribution in [0.15, 0.2) is 54.6 Å². The molecule has 0 saturated heterocycles. The van der Waals surface area contributed by atoms with E-state index in [0.717, 1.165) is 11.3 Å². The molecule has 1 aliphatic heterocycles. The summed E-state index contributed by atoms with van der Waals surface area (Å²) in [6.07, 6.45) is -4.47. The molecule has 1 aromatic heterocycles. The zero-order valence-corrected chi connectivity index (χ0v) is 19.0. The van der Waals surface area contributed by atoms with Gasteiger partial charge in [-0.1, -0.05) is 30.3 Å². The largest absolute Gasteiger partial charge is 0.488 e. The van der Waals surface area contributed by atoms with Gasteiger partial charge < -0.3 is 19.8 Å². The van der Waals surface area contributed by atoms with Gasteiger partial charge in [0.2, 0.25) is 5.91 Å². The van der Waals surface area contributed by atoms with E-state index in [4.69, 9.17) is 14.9 Å². The van der Waals surface area contributed by atoms with Crippen molar-refractivity contribution in [2.45, 2.75) is 44.8 Å². The van der Waals surface area contributed by atoms with Crippen LogP contribution in [0.4, 0.5) is 18.9 Å². The van der Waals surface area contributed by atoms with Gasteiger partial charge >= 0.3 is 6.18 Å². The first-order valence-electron chi connectivity index (χ1n) is 10.9. The molecule has 3 aromatic rings. The van der Waals surface area contributed by atoms with Gasteiger partial charge in [0.25, 0.3) is 0 Å². The van der Waals surface area contributed by atoms with Crippen molar-refractivity contribution in [1.82, 2.24) is 0 Å². The maximum absolute atomic E-state index is 13.6. The zero-order valence-electron chi connectivity index (χ0n) is 18.2. The summed E-state index contributed by atoms with van der Waals surface area (Å²) in [6.45, 7) is 0.533. The smallest absolute Gasteiger partial charge is 0.426 e. The molecule has 2 N–H and O–H groups in total. The van der Waals surface area contributed by atoms with Gasteiger partial charge in [0, 0.05) is 29.1 Å². The average Bonchev–Trinajstić information content (AvgIpc) is 3.42. The number of aliphatic hydroxyl groups excluding tert-OH is 1. The number of amides is 1. The van der Waals surface area contributed by atoms with Crippen molar-refractivity contribution in [3.63, 3.8) is 0 Å². The summed E-state index contributed by atoms with van der Waals surface area (Å²) < 4.78 is 46.6. The van der Waals surface area contributed by atoms with Gasteiger partial charge in [0.15, 0.2) is 6.29 Å². The third-order valence-corrected chi connectivity index (χ3v) is 6.76. The second-order valence-electron chi connectivity index (χ2n) is 8.07. The number of rotatable bonds is 8. The van der Waals surface area contributed by atoms with Crippen LogP contribution < -0.4 is 9.64 Å². The number of carbonyl (C=O) groups is 1. The summed E-state index contributed by atoms with van der Waals surface area (Å²) in [5.41, 5.74) is 2.37. The summed E-state index contributed by atoms with van der Waals surface area (Å²) in [5, 5.41) is 17.9. The molecule has 0 bridgehead atoms. The van der Waals surface area contributed by atoms with Crippen LogP contribution in [0.2, 0.25) is 0 Å². The van der Waals surface area contributed by atoms with E-state index in [1.54, 1.807) is 47.4 Å². The number of aliphatic hydroxyl groups is 2. The molecule has 1 amide bonds. The van der Waals surface area contributed by atoms with Crippen LogP contribution in [0.5, 0.6) is 5.75 Å². The molecule has 0 spiro atoms. The highest BCUT2D eigenvalue weighted by molar-refractivity contribution is 7.12. The predicted molar refractivity (Wildman–Crippen MR) is 124 cm³/mol. The lowest BCUT2D eigenvalue weighted by molar-refractivity contribution is -0.133. The molecule has 180 valence electrons. The third kappa shape index (κ3) is 5.60. The minimum atomic E-state index is -4.45. The van der Waals surface area contributed by atoms with Gasteiger partial charge in [-0.15, -0.1) is 11.3 Å². The van der Waals surface area contributed by atoms with E-state index >= 15 is 0 Å². The van der Waals surface area contributed by atoms with E-state index in [-0.39, 0.29) is 30.9 Å². The Morgan fingerprint density at radius 2 is 1.88 bits per heavy atom. The van der Waals surface area contributed by atoms with Crippen LogP contribution in [-0.4, -0.2) is 29.0 Å². The van der Waals surface area contributed by atoms with Crippen LogP contribution in [-0.2, 0) is 24.0 Å². The number of nitrogens with zero attached hydrogens (tertiary/aromatic N) is 1. The summed E-state index contributed by atoms with van der Waals surface area (Å²) in [6, 6.07) is 15.3. The SMILES string of the molecule is O=C(CCCC(O)O)N1CCc2cc(OCc3cc(-c4ccccc4)c(C(F)(F)F)s3)ccc21. The molecule has 9 heteroatoms. The molecular formula is C25H24F3NO4S. The number of fused-ring (bicyclic) bond motifs is 1. The highest BCUT2D eigenvalue weighted by Crippen LogP contribution is 2.43. The third-order valence-electron chi connectivity index (χ3n) is 5.61. The fourth-order valence-corrected chi connectivity index (χ4v) is 4.97. The second kappa shape index (κ2) is 10.2. The molecule has 1 aliphatic rings. The number of ether oxygens (including phenoxy) is 1. The first kappa shape index (κ1) is 24.3. The summed E-state index contributed by atoms with van der Waals surface area (Å²) >= 11 is 0.681. The summed E-state index contributed by atoms with van der Waals surface area (Å²) in [7, 11) is 0. The number of carbonyl (C=O) groups excluding carboxylic acids is 1. The van der Waals surface area contributed by atoms with E-state index in [2.05, 4.69) is 0 Å². The van der Waals surface area contributed by atoms with E-state index in [1.165, 1.54) is 6.07 Å². The minimum Gasteiger partial charge on any atom is -0.488 e. The van der Waals surface area contributed by atoms with Crippen molar-refractivity contribution in [1.29, 1.82) is 0 Å². The van der Waals surface area contributed by atoms with E-state index < -0.39 is 17.3 Å². The lowest BCUT2D eigenvalue weighted by Crippen LogP contribution is -2.28. The number of thiophene rings is 1. The molecular weight excluding hydrogens is 467 g/mol. The Bertz CT molecular complexity index is 1140. The van der Waals surface area contributed by atoms with Gasteiger partial charge in [-0.3, -0.25) is 4.79 Å². The molecule has 4 rings (SSSR count). The van der Waals surface area contributed by atoms with Gasteiger partial charge in [0.1, 0.15) is 17.2 Å². The van der Waals surface area contributed by atoms with E-state index in [1.807, 2.05) is 6.07 Å². The summed E-state index contributed by atoms with van der Waals surface area (Å²) in [5.74, 6) is 0.444. The average molecular weight is 492 g/mol. The fourth-order valence-electron chi connectivity index (χ4n) is 4.01. The molecule has 5 nitrogen and oxygen atoms in total. The van der Waals surface area contributed by atoms with Crippen molar-refractivity contribution in [3.8, 4) is 16.9 Å². The van der Waals surface area contributed by atoms with Gasteiger partial charge in [-0.2, -0.15) is 13.2 Å². The van der Waals surface area contributed by atoms with Crippen molar-refractivity contribution in [2.24, 2.45) is 0 Å². The number of anilines is 1. The van der Waals surface area contributed by atoms with Crippen molar-refractivity contribution >= 4 is 22.9 Å². The Labute approximate surface area is 199 Å². The molecule has 2 heterocycles. The predicted octanol–water partition coefficient (Wildman–Crippen LogP) is 5.38. The lowest BCUT2D eigenvalue weighted by Gasteiger charge is -2.18. The molecule has 0 fully saturated rings. The molecule has 0 saturated carbocycles. The van der Waals surface area contributed by atoms with Gasteiger partial charge in [0.05, 0.1) is 0 Å². The Morgan fingerprint density at radius 3 is 2.59 bits per heavy atom. The molecule has 0 radical (unpaired) electrons. The number of hydrogen-bond donors (Lipinski definition) is 2. The van der Waals surface area contributed by atoms with Crippen LogP contribution in [0.1, 0.15) is 34.6 Å². The Balaban J connectivity index is 1.44. The molecule has 0 aliphatic carbocycles. The molecule has 34 heavy (non-hydrogen) atoms. The zero-order chi connectivity index (χ0) is 24.3. The van der Waals surface area contributed by atoms with Gasteiger partial charge in [-0.05, 0) is 54.7 Å². The van der Waals surface area contributed by atoms with E-state index in [0.29, 0.717) is 46.9 Å². The number of hydrogen-bond acceptors (Lipinski definition) is 5. The Morgan fingerprint density at radius 1 is 1.12 bits per heavy atom. The van der Waals surface area contributed by atoms with Crippen molar-refractivity contribution in [3.05, 3.63) is 69.9 Å². The highest BCUT2D eigenvalue weighted by atomic mass is 32.1. The van der Waals surface area contributed by atoms with Gasteiger partial charge in [-0.25, -0.2) is 0 Å². The minimum absolute atomic E-state index is 0.00545. The Hall–Kier alpha value is -2.88. The monoisotopic (exact) mass is 491 g/mol. The van der Waals surface area contributed by atoms with Crippen molar-refractivity contribution in [2.75, 3.05) is 11.4 Å². The topological polar surface area (TPSA) is 70.0 Å². The van der Waals surface area contributed by atoms with Crippen LogP contribution >= 0.6 is 11.3 Å². The normalized spacial score (nSPS) is 13.4. The maximum atomic E-state index is 13.6. The quantitative estimate of drug-likeness (QED) is 0.415. The fraction of sp³-hybridized carbons (Fsp3) is 0.320. The highest BCUT2D eigenvalue weighted by Gasteiger charge is 2.36.